The zero-order valence-electron chi connectivity index (χ0n) is 11.4. The van der Waals surface area contributed by atoms with Gasteiger partial charge in [0.2, 0.25) is 0 Å². The first kappa shape index (κ1) is 13.3. The van der Waals surface area contributed by atoms with Crippen molar-refractivity contribution in [2.75, 3.05) is 6.54 Å². The van der Waals surface area contributed by atoms with E-state index in [0.29, 0.717) is 5.92 Å². The highest BCUT2D eigenvalue weighted by atomic mass is 19.1. The molecule has 2 unspecified atom stereocenters. The Morgan fingerprint density at radius 3 is 2.55 bits per heavy atom. The molecule has 0 saturated carbocycles. The first-order chi connectivity index (χ1) is 9.66. The van der Waals surface area contributed by atoms with Crippen molar-refractivity contribution >= 4 is 0 Å². The Hall–Kier alpha value is -1.68. The van der Waals surface area contributed by atoms with E-state index in [1.165, 1.54) is 23.8 Å². The van der Waals surface area contributed by atoms with E-state index in [2.05, 4.69) is 16.4 Å². The maximum Gasteiger partial charge on any atom is 0.130 e. The van der Waals surface area contributed by atoms with Crippen LogP contribution in [0.15, 0.2) is 30.5 Å². The highest BCUT2D eigenvalue weighted by molar-refractivity contribution is 5.28. The number of aromatic amines is 1. The Morgan fingerprint density at radius 1 is 1.15 bits per heavy atom. The number of hydrogen-bond acceptors (Lipinski definition) is 1. The summed E-state index contributed by atoms with van der Waals surface area (Å²) in [5.74, 6) is -0.589. The van der Waals surface area contributed by atoms with Crippen LogP contribution < -0.4 is 5.32 Å². The van der Waals surface area contributed by atoms with Gasteiger partial charge in [0.25, 0.3) is 0 Å². The molecule has 2 heterocycles. The molecule has 20 heavy (non-hydrogen) atoms. The van der Waals surface area contributed by atoms with Crippen LogP contribution in [-0.4, -0.2) is 11.5 Å². The molecule has 0 bridgehead atoms. The van der Waals surface area contributed by atoms with Crippen molar-refractivity contribution < 1.29 is 8.78 Å². The Balaban J connectivity index is 1.87. The molecule has 0 radical (unpaired) electrons. The molecule has 1 saturated heterocycles. The first-order valence-electron chi connectivity index (χ1n) is 6.98. The third-order valence-corrected chi connectivity index (χ3v) is 4.19. The summed E-state index contributed by atoms with van der Waals surface area (Å²) in [4.78, 5) is 3.17. The van der Waals surface area contributed by atoms with Crippen LogP contribution in [0.5, 0.6) is 0 Å². The number of piperidine rings is 1. The summed E-state index contributed by atoms with van der Waals surface area (Å²) < 4.78 is 27.8. The van der Waals surface area contributed by atoms with E-state index >= 15 is 0 Å². The van der Waals surface area contributed by atoms with E-state index in [9.17, 15) is 8.78 Å². The molecular weight excluding hydrogens is 258 g/mol. The van der Waals surface area contributed by atoms with Crippen LogP contribution in [0, 0.1) is 18.6 Å². The number of hydrogen-bond donors (Lipinski definition) is 2. The second kappa shape index (κ2) is 5.37. The minimum Gasteiger partial charge on any atom is -0.365 e. The van der Waals surface area contributed by atoms with Crippen molar-refractivity contribution in [2.24, 2.45) is 0 Å². The van der Waals surface area contributed by atoms with Gasteiger partial charge in [-0.15, -0.1) is 0 Å². The molecular formula is C16H18F2N2. The second-order valence-electron chi connectivity index (χ2n) is 5.42. The zero-order valence-corrected chi connectivity index (χ0v) is 11.4. The number of aromatic nitrogens is 1. The van der Waals surface area contributed by atoms with Crippen LogP contribution in [0.25, 0.3) is 0 Å². The van der Waals surface area contributed by atoms with Gasteiger partial charge in [-0.2, -0.15) is 0 Å². The van der Waals surface area contributed by atoms with Crippen LogP contribution in [0.3, 0.4) is 0 Å². The molecule has 3 rings (SSSR count). The van der Waals surface area contributed by atoms with E-state index in [-0.39, 0.29) is 11.6 Å². The third-order valence-electron chi connectivity index (χ3n) is 4.19. The van der Waals surface area contributed by atoms with Gasteiger partial charge < -0.3 is 10.3 Å². The van der Waals surface area contributed by atoms with Gasteiger partial charge in [-0.25, -0.2) is 8.78 Å². The van der Waals surface area contributed by atoms with E-state index in [4.69, 9.17) is 0 Å². The van der Waals surface area contributed by atoms with E-state index in [0.717, 1.165) is 25.1 Å². The minimum atomic E-state index is -0.464. The fraction of sp³-hybridized carbons (Fsp3) is 0.375. The van der Waals surface area contributed by atoms with Crippen molar-refractivity contribution in [3.8, 4) is 0 Å². The molecule has 2 aromatic rings. The summed E-state index contributed by atoms with van der Waals surface area (Å²) in [7, 11) is 0. The Morgan fingerprint density at radius 2 is 1.90 bits per heavy atom. The fourth-order valence-electron chi connectivity index (χ4n) is 3.17. The van der Waals surface area contributed by atoms with Gasteiger partial charge in [-0.3, -0.25) is 0 Å². The van der Waals surface area contributed by atoms with Crippen molar-refractivity contribution in [3.63, 3.8) is 0 Å². The average molecular weight is 276 g/mol. The number of nitrogens with one attached hydrogen (secondary N) is 2. The first-order valence-corrected chi connectivity index (χ1v) is 6.98. The Bertz CT molecular complexity index is 586. The van der Waals surface area contributed by atoms with Gasteiger partial charge in [0, 0.05) is 23.5 Å². The molecule has 0 amide bonds. The number of H-pyrrole nitrogens is 1. The van der Waals surface area contributed by atoms with Gasteiger partial charge in [0.05, 0.1) is 0 Å². The number of halogens is 2. The van der Waals surface area contributed by atoms with Crippen molar-refractivity contribution in [2.45, 2.75) is 31.7 Å². The molecule has 4 heteroatoms. The third kappa shape index (κ3) is 2.36. The Labute approximate surface area is 117 Å². The Kier molecular flexibility index (Phi) is 3.57. The molecule has 2 N–H and O–H groups in total. The largest absolute Gasteiger partial charge is 0.365 e. The van der Waals surface area contributed by atoms with Crippen LogP contribution in [0.1, 0.15) is 41.6 Å². The molecule has 0 spiro atoms. The van der Waals surface area contributed by atoms with Crippen LogP contribution in [0.2, 0.25) is 0 Å². The fourth-order valence-corrected chi connectivity index (χ4v) is 3.17. The van der Waals surface area contributed by atoms with Gasteiger partial charge in [-0.05, 0) is 56.0 Å². The predicted octanol–water partition coefficient (Wildman–Crippen LogP) is 3.81. The number of aryl methyl sites for hydroxylation is 1. The molecule has 1 aliphatic heterocycles. The smallest absolute Gasteiger partial charge is 0.130 e. The second-order valence-corrected chi connectivity index (χ2v) is 5.42. The summed E-state index contributed by atoms with van der Waals surface area (Å²) in [5.41, 5.74) is 2.57. The lowest BCUT2D eigenvalue weighted by Crippen LogP contribution is -2.32. The van der Waals surface area contributed by atoms with E-state index < -0.39 is 11.6 Å². The van der Waals surface area contributed by atoms with E-state index in [1.54, 1.807) is 0 Å². The molecule has 0 aliphatic carbocycles. The molecule has 1 aromatic heterocycles. The predicted molar refractivity (Wildman–Crippen MR) is 74.6 cm³/mol. The monoisotopic (exact) mass is 276 g/mol. The molecule has 106 valence electrons. The van der Waals surface area contributed by atoms with Crippen molar-refractivity contribution in [1.82, 2.24) is 10.3 Å². The zero-order chi connectivity index (χ0) is 14.1. The summed E-state index contributed by atoms with van der Waals surface area (Å²) in [5, 5.41) is 3.24. The van der Waals surface area contributed by atoms with Crippen LogP contribution >= 0.6 is 0 Å². The lowest BCUT2D eigenvalue weighted by molar-refractivity contribution is 0.350. The standard InChI is InChI=1S/C16H18F2N2/c1-10-12(6-8-19-10)11-5-7-20-15(9-11)16-13(17)3-2-4-14(16)18/h2-4,6,8,11,15,19-20H,5,7,9H2,1H3. The molecule has 2 atom stereocenters. The summed E-state index contributed by atoms with van der Waals surface area (Å²) in [6, 6.07) is 5.87. The highest BCUT2D eigenvalue weighted by Crippen LogP contribution is 2.36. The maximum atomic E-state index is 13.9. The highest BCUT2D eigenvalue weighted by Gasteiger charge is 2.28. The van der Waals surface area contributed by atoms with Gasteiger partial charge in [-0.1, -0.05) is 6.07 Å². The topological polar surface area (TPSA) is 27.8 Å². The quantitative estimate of drug-likeness (QED) is 0.857. The molecule has 1 fully saturated rings. The normalized spacial score (nSPS) is 22.9. The summed E-state index contributed by atoms with van der Waals surface area (Å²) in [6.45, 7) is 2.81. The maximum absolute atomic E-state index is 13.9. The van der Waals surface area contributed by atoms with Crippen LogP contribution in [0.4, 0.5) is 8.78 Å². The molecule has 2 nitrogen and oxygen atoms in total. The number of rotatable bonds is 2. The van der Waals surface area contributed by atoms with Gasteiger partial charge in [0.1, 0.15) is 11.6 Å². The van der Waals surface area contributed by atoms with Crippen molar-refractivity contribution in [1.29, 1.82) is 0 Å². The molecule has 1 aromatic carbocycles. The van der Waals surface area contributed by atoms with Gasteiger partial charge in [0.15, 0.2) is 0 Å². The van der Waals surface area contributed by atoms with Gasteiger partial charge >= 0.3 is 0 Å². The van der Waals surface area contributed by atoms with Crippen molar-refractivity contribution in [3.05, 3.63) is 58.9 Å². The lowest BCUT2D eigenvalue weighted by Gasteiger charge is -2.31. The lowest BCUT2D eigenvalue weighted by atomic mass is 9.84. The molecule has 1 aliphatic rings. The average Bonchev–Trinajstić information content (AvgIpc) is 2.85. The van der Waals surface area contributed by atoms with Crippen LogP contribution in [-0.2, 0) is 0 Å². The summed E-state index contributed by atoms with van der Waals surface area (Å²) in [6.07, 6.45) is 3.63. The van der Waals surface area contributed by atoms with E-state index in [1.807, 2.05) is 13.1 Å². The SMILES string of the molecule is Cc1[nH]ccc1C1CCNC(c2c(F)cccc2F)C1. The minimum absolute atomic E-state index is 0.172. The number of benzene rings is 1. The summed E-state index contributed by atoms with van der Waals surface area (Å²) >= 11 is 0.